The second-order valence-electron chi connectivity index (χ2n) is 5.31. The molecule has 0 fully saturated rings. The number of carbonyl (C=O) groups is 1. The Balaban J connectivity index is 1.89. The molecule has 6 nitrogen and oxygen atoms in total. The van der Waals surface area contributed by atoms with Crippen LogP contribution in [0.2, 0.25) is 0 Å². The zero-order valence-corrected chi connectivity index (χ0v) is 13.1. The van der Waals surface area contributed by atoms with Gasteiger partial charge in [-0.05, 0) is 17.7 Å². The van der Waals surface area contributed by atoms with E-state index >= 15 is 0 Å². The molecule has 26 heavy (non-hydrogen) atoms. The lowest BCUT2D eigenvalue weighted by molar-refractivity contribution is -0.138. The quantitative estimate of drug-likeness (QED) is 0.409. The van der Waals surface area contributed by atoms with Crippen molar-refractivity contribution in [1.29, 1.82) is 0 Å². The highest BCUT2D eigenvalue weighted by atomic mass is 19.4. The Kier molecular flexibility index (Phi) is 4.61. The van der Waals surface area contributed by atoms with Gasteiger partial charge in [-0.1, -0.05) is 18.2 Å². The summed E-state index contributed by atoms with van der Waals surface area (Å²) in [6.07, 6.45) is -1.43. The molecule has 1 aromatic carbocycles. The number of hydrogen-bond acceptors (Lipinski definition) is 5. The molecule has 2 heterocycles. The molecule has 0 radical (unpaired) electrons. The van der Waals surface area contributed by atoms with Gasteiger partial charge in [0.05, 0.1) is 17.4 Å². The van der Waals surface area contributed by atoms with E-state index in [1.807, 2.05) is 0 Å². The molecular weight excluding hydrogens is 351 g/mol. The molecule has 3 aromatic rings. The first-order valence-electron chi connectivity index (χ1n) is 7.39. The second kappa shape index (κ2) is 6.87. The molecule has 0 saturated heterocycles. The van der Waals surface area contributed by atoms with Crippen molar-refractivity contribution >= 4 is 11.5 Å². The fourth-order valence-corrected chi connectivity index (χ4v) is 2.42. The van der Waals surface area contributed by atoms with Crippen LogP contribution in [-0.2, 0) is 12.6 Å². The maximum absolute atomic E-state index is 13.1. The second-order valence-corrected chi connectivity index (χ2v) is 5.31. The zero-order valence-electron chi connectivity index (χ0n) is 13.1. The van der Waals surface area contributed by atoms with Gasteiger partial charge in [-0.3, -0.25) is 9.89 Å². The van der Waals surface area contributed by atoms with E-state index in [1.165, 1.54) is 36.9 Å². The van der Waals surface area contributed by atoms with Crippen molar-refractivity contribution in [2.24, 2.45) is 0 Å². The Hall–Kier alpha value is -3.36. The number of benzene rings is 1. The Bertz CT molecular complexity index is 944. The van der Waals surface area contributed by atoms with Crippen LogP contribution in [0.5, 0.6) is 0 Å². The number of aromatic nitrogens is 3. The summed E-state index contributed by atoms with van der Waals surface area (Å²) in [7, 11) is 0. The topological polar surface area (TPSA) is 92.0 Å². The Morgan fingerprint density at radius 3 is 2.73 bits per heavy atom. The Morgan fingerprint density at radius 1 is 1.27 bits per heavy atom. The highest BCUT2D eigenvalue weighted by Crippen LogP contribution is 2.33. The number of halogens is 3. The summed E-state index contributed by atoms with van der Waals surface area (Å²) in [5.74, 6) is -1.13. The van der Waals surface area contributed by atoms with Gasteiger partial charge in [0.1, 0.15) is 12.1 Å². The van der Waals surface area contributed by atoms with Crippen LogP contribution in [0.1, 0.15) is 33.1 Å². The van der Waals surface area contributed by atoms with Crippen molar-refractivity contribution in [3.05, 3.63) is 77.3 Å². The molecule has 0 amide bonds. The lowest BCUT2D eigenvalue weighted by Crippen LogP contribution is -2.10. The maximum Gasteiger partial charge on any atom is 0.416 e. The lowest BCUT2D eigenvalue weighted by atomic mass is 10.00. The first-order valence-corrected chi connectivity index (χ1v) is 7.39. The fraction of sp³-hybridized carbons (Fsp3) is 0.118. The number of alkyl halides is 3. The van der Waals surface area contributed by atoms with Gasteiger partial charge in [0, 0.05) is 12.5 Å². The van der Waals surface area contributed by atoms with E-state index in [9.17, 15) is 23.1 Å². The number of aliphatic hydroxyl groups is 1. The van der Waals surface area contributed by atoms with E-state index in [0.29, 0.717) is 0 Å². The summed E-state index contributed by atoms with van der Waals surface area (Å²) in [5, 5.41) is 15.8. The van der Waals surface area contributed by atoms with E-state index in [0.717, 1.165) is 12.1 Å². The normalized spacial score (nSPS) is 12.3. The number of H-pyrrole nitrogens is 1. The van der Waals surface area contributed by atoms with Gasteiger partial charge in [0.15, 0.2) is 11.5 Å². The fourth-order valence-electron chi connectivity index (χ4n) is 2.42. The minimum Gasteiger partial charge on any atom is -0.504 e. The third-order valence-corrected chi connectivity index (χ3v) is 3.60. The molecule has 0 aliphatic heterocycles. The number of nitrogens with zero attached hydrogens (tertiary/aromatic N) is 2. The highest BCUT2D eigenvalue weighted by molar-refractivity contribution is 6.08. The predicted molar refractivity (Wildman–Crippen MR) is 84.3 cm³/mol. The van der Waals surface area contributed by atoms with Crippen molar-refractivity contribution in [2.75, 3.05) is 0 Å². The maximum atomic E-state index is 13.1. The molecule has 0 unspecified atom stereocenters. The Morgan fingerprint density at radius 2 is 2.04 bits per heavy atom. The van der Waals surface area contributed by atoms with Crippen LogP contribution in [0.25, 0.3) is 5.76 Å². The molecule has 0 saturated carbocycles. The van der Waals surface area contributed by atoms with Crippen LogP contribution in [0.15, 0.2) is 53.4 Å². The molecule has 0 aliphatic carbocycles. The summed E-state index contributed by atoms with van der Waals surface area (Å²) in [4.78, 5) is 16.0. The first-order chi connectivity index (χ1) is 12.4. The van der Waals surface area contributed by atoms with Crippen molar-refractivity contribution in [1.82, 2.24) is 15.2 Å². The van der Waals surface area contributed by atoms with Crippen molar-refractivity contribution in [3.8, 4) is 0 Å². The summed E-state index contributed by atoms with van der Waals surface area (Å²) in [6, 6.07) is 6.38. The summed E-state index contributed by atoms with van der Waals surface area (Å²) in [5.41, 5.74) is -0.774. The number of rotatable bonds is 5. The summed E-state index contributed by atoms with van der Waals surface area (Å²) < 4.78 is 44.5. The van der Waals surface area contributed by atoms with Gasteiger partial charge in [0.25, 0.3) is 0 Å². The highest BCUT2D eigenvalue weighted by Gasteiger charge is 2.33. The molecule has 0 bridgehead atoms. The van der Waals surface area contributed by atoms with E-state index in [-0.39, 0.29) is 29.1 Å². The minimum absolute atomic E-state index is 0.0221. The molecule has 0 atom stereocenters. The van der Waals surface area contributed by atoms with Gasteiger partial charge >= 0.3 is 6.18 Å². The molecule has 134 valence electrons. The number of aliphatic hydroxyl groups excluding tert-OH is 1. The molecule has 0 aliphatic rings. The van der Waals surface area contributed by atoms with E-state index < -0.39 is 23.3 Å². The van der Waals surface area contributed by atoms with Gasteiger partial charge < -0.3 is 9.52 Å². The number of allylic oxidation sites excluding steroid dienone is 1. The Labute approximate surface area is 145 Å². The van der Waals surface area contributed by atoms with E-state index in [1.54, 1.807) is 0 Å². The van der Waals surface area contributed by atoms with Gasteiger partial charge in [-0.2, -0.15) is 18.3 Å². The van der Waals surface area contributed by atoms with E-state index in [2.05, 4.69) is 15.2 Å². The van der Waals surface area contributed by atoms with Gasteiger partial charge in [0.2, 0.25) is 5.82 Å². The van der Waals surface area contributed by atoms with Crippen LogP contribution >= 0.6 is 0 Å². The smallest absolute Gasteiger partial charge is 0.416 e. The van der Waals surface area contributed by atoms with Crippen LogP contribution in [0.4, 0.5) is 13.2 Å². The average molecular weight is 363 g/mol. The predicted octanol–water partition coefficient (Wildman–Crippen LogP) is 3.79. The summed E-state index contributed by atoms with van der Waals surface area (Å²) >= 11 is 0. The number of aromatic amines is 1. The standard InChI is InChI=1S/C17H12F3N3O3/c18-17(19,20)12-4-2-1-3-10(12)7-15-11(5-6-26-15)13(24)8-14(25)16-21-9-22-23-16/h1-6,8-9,25H,7H2,(H,21,22,23). The van der Waals surface area contributed by atoms with Crippen molar-refractivity contribution in [2.45, 2.75) is 12.6 Å². The van der Waals surface area contributed by atoms with Crippen LogP contribution in [-0.4, -0.2) is 26.1 Å². The number of ketones is 1. The third kappa shape index (κ3) is 3.66. The molecule has 2 aromatic heterocycles. The van der Waals surface area contributed by atoms with Gasteiger partial charge in [-0.15, -0.1) is 0 Å². The van der Waals surface area contributed by atoms with Crippen LogP contribution < -0.4 is 0 Å². The lowest BCUT2D eigenvalue weighted by Gasteiger charge is -2.12. The van der Waals surface area contributed by atoms with E-state index in [4.69, 9.17) is 4.42 Å². The number of nitrogens with one attached hydrogen (secondary N) is 1. The molecule has 9 heteroatoms. The number of carbonyl (C=O) groups excluding carboxylic acids is 1. The number of hydrogen-bond donors (Lipinski definition) is 2. The van der Waals surface area contributed by atoms with Gasteiger partial charge in [-0.25, -0.2) is 4.98 Å². The third-order valence-electron chi connectivity index (χ3n) is 3.60. The van der Waals surface area contributed by atoms with Crippen LogP contribution in [0, 0.1) is 0 Å². The SMILES string of the molecule is O=C(C=C(O)c1nc[nH]n1)c1ccoc1Cc1ccccc1C(F)(F)F. The molecular formula is C17H12F3N3O3. The molecule has 2 N–H and O–H groups in total. The monoisotopic (exact) mass is 363 g/mol. The molecule has 0 spiro atoms. The first kappa shape index (κ1) is 17.5. The number of furan rings is 1. The largest absolute Gasteiger partial charge is 0.504 e. The minimum atomic E-state index is -4.52. The van der Waals surface area contributed by atoms with Crippen molar-refractivity contribution in [3.63, 3.8) is 0 Å². The zero-order chi connectivity index (χ0) is 18.7. The molecule has 3 rings (SSSR count). The summed E-state index contributed by atoms with van der Waals surface area (Å²) in [6.45, 7) is 0. The average Bonchev–Trinajstić information content (AvgIpc) is 3.26. The van der Waals surface area contributed by atoms with Crippen LogP contribution in [0.3, 0.4) is 0 Å². The van der Waals surface area contributed by atoms with Crippen molar-refractivity contribution < 1.29 is 27.5 Å².